The Morgan fingerprint density at radius 2 is 1.83 bits per heavy atom. The molecule has 1 aromatic carbocycles. The van der Waals surface area contributed by atoms with Crippen LogP contribution < -0.4 is 14.8 Å². The Morgan fingerprint density at radius 3 is 2.33 bits per heavy atom. The molecule has 0 heterocycles. The number of hydrogen-bond acceptors (Lipinski definition) is 3. The summed E-state index contributed by atoms with van der Waals surface area (Å²) in [7, 11) is 3.17. The van der Waals surface area contributed by atoms with E-state index in [0.29, 0.717) is 11.5 Å². The zero-order valence-electron chi connectivity index (χ0n) is 11.7. The summed E-state index contributed by atoms with van der Waals surface area (Å²) in [5.74, 6) is 1.30. The normalized spacial score (nSPS) is 11.8. The second-order valence-electron chi connectivity index (χ2n) is 4.32. The first kappa shape index (κ1) is 14.4. The largest absolute Gasteiger partial charge is 0.493 e. The summed E-state index contributed by atoms with van der Waals surface area (Å²) in [5, 5.41) is 2.91. The number of carbonyl (C=O) groups excluding carboxylic acids is 1. The summed E-state index contributed by atoms with van der Waals surface area (Å²) >= 11 is 0. The fourth-order valence-corrected chi connectivity index (χ4v) is 1.56. The number of carbonyl (C=O) groups is 1. The molecule has 0 aliphatic heterocycles. The predicted molar refractivity (Wildman–Crippen MR) is 72.4 cm³/mol. The zero-order chi connectivity index (χ0) is 13.7. The van der Waals surface area contributed by atoms with Gasteiger partial charge in [0, 0.05) is 17.7 Å². The highest BCUT2D eigenvalue weighted by Crippen LogP contribution is 2.33. The van der Waals surface area contributed by atoms with Crippen molar-refractivity contribution >= 4 is 11.6 Å². The van der Waals surface area contributed by atoms with Gasteiger partial charge < -0.3 is 14.8 Å². The number of hydrogen-bond donors (Lipinski definition) is 1. The van der Waals surface area contributed by atoms with E-state index in [1.54, 1.807) is 20.3 Å². The topological polar surface area (TPSA) is 47.6 Å². The van der Waals surface area contributed by atoms with Gasteiger partial charge in [-0.15, -0.1) is 0 Å². The van der Waals surface area contributed by atoms with Crippen LogP contribution in [0.2, 0.25) is 0 Å². The Morgan fingerprint density at radius 1 is 1.28 bits per heavy atom. The maximum atomic E-state index is 11.9. The van der Waals surface area contributed by atoms with Gasteiger partial charge in [0.05, 0.1) is 14.2 Å². The van der Waals surface area contributed by atoms with Gasteiger partial charge in [0.2, 0.25) is 5.91 Å². The van der Waals surface area contributed by atoms with Crippen molar-refractivity contribution < 1.29 is 14.3 Å². The molecule has 0 radical (unpaired) electrons. The number of aryl methyl sites for hydroxylation is 1. The Labute approximate surface area is 108 Å². The van der Waals surface area contributed by atoms with Crippen LogP contribution in [0.4, 0.5) is 5.69 Å². The lowest BCUT2D eigenvalue weighted by Crippen LogP contribution is -2.20. The predicted octanol–water partition coefficient (Wildman–Crippen LogP) is 3.00. The molecule has 0 aliphatic rings. The van der Waals surface area contributed by atoms with E-state index in [-0.39, 0.29) is 11.8 Å². The van der Waals surface area contributed by atoms with E-state index >= 15 is 0 Å². The number of nitrogens with one attached hydrogen (secondary N) is 1. The third-order valence-corrected chi connectivity index (χ3v) is 3.05. The summed E-state index contributed by atoms with van der Waals surface area (Å²) in [4.78, 5) is 11.9. The minimum atomic E-state index is -0.00232. The molecule has 0 saturated carbocycles. The van der Waals surface area contributed by atoms with E-state index in [9.17, 15) is 4.79 Å². The Kier molecular flexibility index (Phi) is 5.01. The van der Waals surface area contributed by atoms with Gasteiger partial charge in [0.25, 0.3) is 0 Å². The monoisotopic (exact) mass is 251 g/mol. The Bertz CT molecular complexity index is 429. The molecule has 100 valence electrons. The molecule has 0 bridgehead atoms. The molecule has 18 heavy (non-hydrogen) atoms. The lowest BCUT2D eigenvalue weighted by Gasteiger charge is -2.15. The summed E-state index contributed by atoms with van der Waals surface area (Å²) in [6.07, 6.45) is 0.818. The molecule has 0 unspecified atom stereocenters. The van der Waals surface area contributed by atoms with Gasteiger partial charge in [-0.2, -0.15) is 0 Å². The van der Waals surface area contributed by atoms with Crippen molar-refractivity contribution in [1.29, 1.82) is 0 Å². The van der Waals surface area contributed by atoms with Crippen molar-refractivity contribution in [1.82, 2.24) is 0 Å². The molecule has 1 N–H and O–H groups in total. The highest BCUT2D eigenvalue weighted by atomic mass is 16.5. The van der Waals surface area contributed by atoms with Gasteiger partial charge >= 0.3 is 0 Å². The number of anilines is 1. The Hall–Kier alpha value is -1.71. The van der Waals surface area contributed by atoms with E-state index in [0.717, 1.165) is 17.7 Å². The SMILES string of the molecule is CC[C@@H](C)C(=O)Nc1cc(OC)c(OC)cc1C. The first-order valence-corrected chi connectivity index (χ1v) is 6.06. The first-order chi connectivity index (χ1) is 8.53. The number of amides is 1. The van der Waals surface area contributed by atoms with E-state index in [4.69, 9.17) is 9.47 Å². The molecule has 0 aliphatic carbocycles. The minimum absolute atomic E-state index is 0.00232. The van der Waals surface area contributed by atoms with Crippen LogP contribution in [0.25, 0.3) is 0 Å². The molecular weight excluding hydrogens is 230 g/mol. The van der Waals surface area contributed by atoms with E-state index < -0.39 is 0 Å². The van der Waals surface area contributed by atoms with Gasteiger partial charge in [0.15, 0.2) is 11.5 Å². The van der Waals surface area contributed by atoms with Gasteiger partial charge in [-0.1, -0.05) is 13.8 Å². The van der Waals surface area contributed by atoms with Crippen molar-refractivity contribution in [2.45, 2.75) is 27.2 Å². The van der Waals surface area contributed by atoms with Crippen LogP contribution >= 0.6 is 0 Å². The molecule has 4 heteroatoms. The lowest BCUT2D eigenvalue weighted by molar-refractivity contribution is -0.119. The number of methoxy groups -OCH3 is 2. The van der Waals surface area contributed by atoms with Gasteiger partial charge in [-0.3, -0.25) is 4.79 Å². The minimum Gasteiger partial charge on any atom is -0.493 e. The van der Waals surface area contributed by atoms with Crippen LogP contribution in [0.15, 0.2) is 12.1 Å². The van der Waals surface area contributed by atoms with E-state index in [1.807, 2.05) is 26.8 Å². The van der Waals surface area contributed by atoms with Crippen LogP contribution in [0, 0.1) is 12.8 Å². The molecule has 1 aromatic rings. The molecule has 1 atom stereocenters. The summed E-state index contributed by atoms with van der Waals surface area (Å²) in [6.45, 7) is 5.82. The summed E-state index contributed by atoms with van der Waals surface area (Å²) in [5.41, 5.74) is 1.71. The fraction of sp³-hybridized carbons (Fsp3) is 0.500. The Balaban J connectivity index is 2.99. The molecule has 1 amide bonds. The maximum Gasteiger partial charge on any atom is 0.227 e. The summed E-state index contributed by atoms with van der Waals surface area (Å²) < 4.78 is 10.4. The van der Waals surface area contributed by atoms with Gasteiger partial charge in [0.1, 0.15) is 0 Å². The van der Waals surface area contributed by atoms with Crippen molar-refractivity contribution in [3.05, 3.63) is 17.7 Å². The van der Waals surface area contributed by atoms with Gasteiger partial charge in [-0.25, -0.2) is 0 Å². The van der Waals surface area contributed by atoms with Crippen LogP contribution in [0.5, 0.6) is 11.5 Å². The second-order valence-corrected chi connectivity index (χ2v) is 4.32. The number of ether oxygens (including phenoxy) is 2. The van der Waals surface area contributed by atoms with Crippen molar-refractivity contribution in [3.8, 4) is 11.5 Å². The average Bonchev–Trinajstić information content (AvgIpc) is 2.39. The van der Waals surface area contributed by atoms with Crippen molar-refractivity contribution in [2.24, 2.45) is 5.92 Å². The second kappa shape index (κ2) is 6.28. The van der Waals surface area contributed by atoms with Crippen LogP contribution in [-0.4, -0.2) is 20.1 Å². The lowest BCUT2D eigenvalue weighted by atomic mass is 10.1. The van der Waals surface area contributed by atoms with E-state index in [2.05, 4.69) is 5.32 Å². The molecule has 0 spiro atoms. The van der Waals surface area contributed by atoms with Gasteiger partial charge in [-0.05, 0) is 25.0 Å². The standard InChI is InChI=1S/C14H21NO3/c1-6-9(2)14(16)15-11-8-13(18-5)12(17-4)7-10(11)3/h7-9H,6H2,1-5H3,(H,15,16)/t9-/m1/s1. The highest BCUT2D eigenvalue weighted by Gasteiger charge is 2.14. The third-order valence-electron chi connectivity index (χ3n) is 3.05. The molecule has 0 fully saturated rings. The van der Waals surface area contributed by atoms with Crippen molar-refractivity contribution in [3.63, 3.8) is 0 Å². The number of rotatable bonds is 5. The molecule has 0 saturated heterocycles. The van der Waals surface area contributed by atoms with Crippen LogP contribution in [0.3, 0.4) is 0 Å². The molecule has 1 rings (SSSR count). The molecule has 0 aromatic heterocycles. The van der Waals surface area contributed by atoms with Crippen LogP contribution in [0.1, 0.15) is 25.8 Å². The molecular formula is C14H21NO3. The van der Waals surface area contributed by atoms with Crippen molar-refractivity contribution in [2.75, 3.05) is 19.5 Å². The molecule has 4 nitrogen and oxygen atoms in total. The fourth-order valence-electron chi connectivity index (χ4n) is 1.56. The third kappa shape index (κ3) is 3.15. The first-order valence-electron chi connectivity index (χ1n) is 6.06. The van der Waals surface area contributed by atoms with Crippen LogP contribution in [-0.2, 0) is 4.79 Å². The maximum absolute atomic E-state index is 11.9. The average molecular weight is 251 g/mol. The highest BCUT2D eigenvalue weighted by molar-refractivity contribution is 5.93. The van der Waals surface area contributed by atoms with E-state index in [1.165, 1.54) is 0 Å². The smallest absolute Gasteiger partial charge is 0.227 e. The quantitative estimate of drug-likeness (QED) is 0.875. The number of benzene rings is 1. The summed E-state index contributed by atoms with van der Waals surface area (Å²) in [6, 6.07) is 3.64. The zero-order valence-corrected chi connectivity index (χ0v) is 11.7.